The van der Waals surface area contributed by atoms with Crippen molar-refractivity contribution in [1.29, 1.82) is 0 Å². The molecule has 0 aliphatic rings. The Kier molecular flexibility index (Phi) is 6.42. The number of para-hydroxylation sites is 1. The molecule has 0 aliphatic heterocycles. The molecule has 0 saturated heterocycles. The summed E-state index contributed by atoms with van der Waals surface area (Å²) in [4.78, 5) is 20.0. The van der Waals surface area contributed by atoms with E-state index in [-0.39, 0.29) is 5.97 Å². The standard InChI is InChI=1S/C30H27N3O2/c1-20-7-3-14-27-28(20)33-29(32-27)25-12-6-11-24(17-25)23-10-4-8-21(15-23)18-31-19-22-9-5-13-26(16-22)30(34)35-2/h3-17,31H,18-19H2,1-2H3,(H,32,33). The highest BCUT2D eigenvalue weighted by atomic mass is 16.5. The van der Waals surface area contributed by atoms with E-state index in [9.17, 15) is 4.79 Å². The highest BCUT2D eigenvalue weighted by molar-refractivity contribution is 5.89. The number of nitrogens with one attached hydrogen (secondary N) is 2. The number of fused-ring (bicyclic) bond motifs is 1. The van der Waals surface area contributed by atoms with E-state index in [0.29, 0.717) is 12.1 Å². The molecule has 0 spiro atoms. The number of aromatic amines is 1. The van der Waals surface area contributed by atoms with Gasteiger partial charge < -0.3 is 15.0 Å². The van der Waals surface area contributed by atoms with Gasteiger partial charge in [-0.15, -0.1) is 0 Å². The summed E-state index contributed by atoms with van der Waals surface area (Å²) in [5, 5.41) is 3.47. The molecule has 0 saturated carbocycles. The predicted octanol–water partition coefficient (Wildman–Crippen LogP) is 6.28. The van der Waals surface area contributed by atoms with Crippen LogP contribution in [-0.4, -0.2) is 23.0 Å². The Morgan fingerprint density at radius 2 is 1.49 bits per heavy atom. The molecule has 0 unspecified atom stereocenters. The first kappa shape index (κ1) is 22.6. The lowest BCUT2D eigenvalue weighted by molar-refractivity contribution is 0.0600. The van der Waals surface area contributed by atoms with Crippen LogP contribution < -0.4 is 5.32 Å². The van der Waals surface area contributed by atoms with Crippen LogP contribution in [0.4, 0.5) is 0 Å². The highest BCUT2D eigenvalue weighted by Gasteiger charge is 2.09. The Hall–Kier alpha value is -4.22. The number of carbonyl (C=O) groups excluding carboxylic acids is 1. The van der Waals surface area contributed by atoms with Gasteiger partial charge in [0, 0.05) is 18.7 Å². The number of carbonyl (C=O) groups is 1. The second-order valence-electron chi connectivity index (χ2n) is 8.63. The van der Waals surface area contributed by atoms with Crippen LogP contribution >= 0.6 is 0 Å². The summed E-state index contributed by atoms with van der Waals surface area (Å²) in [6.45, 7) is 3.47. The summed E-state index contributed by atoms with van der Waals surface area (Å²) < 4.78 is 4.81. The van der Waals surface area contributed by atoms with Gasteiger partial charge in [-0.2, -0.15) is 0 Å². The zero-order valence-electron chi connectivity index (χ0n) is 19.8. The predicted molar refractivity (Wildman–Crippen MR) is 140 cm³/mol. The van der Waals surface area contributed by atoms with Crippen molar-refractivity contribution in [1.82, 2.24) is 15.3 Å². The number of rotatable bonds is 7. The van der Waals surface area contributed by atoms with Crippen LogP contribution in [0.15, 0.2) is 91.0 Å². The van der Waals surface area contributed by atoms with Crippen LogP contribution in [0.2, 0.25) is 0 Å². The molecule has 5 aromatic rings. The van der Waals surface area contributed by atoms with Gasteiger partial charge in [0.15, 0.2) is 0 Å². The van der Waals surface area contributed by atoms with Gasteiger partial charge in [-0.25, -0.2) is 9.78 Å². The maximum atomic E-state index is 11.8. The number of methoxy groups -OCH3 is 1. The number of aromatic nitrogens is 2. The second kappa shape index (κ2) is 9.95. The molecule has 5 heteroatoms. The first-order chi connectivity index (χ1) is 17.1. The minimum atomic E-state index is -0.320. The Morgan fingerprint density at radius 3 is 2.26 bits per heavy atom. The topological polar surface area (TPSA) is 67.0 Å². The largest absolute Gasteiger partial charge is 0.465 e. The fourth-order valence-electron chi connectivity index (χ4n) is 4.30. The van der Waals surface area contributed by atoms with Crippen molar-refractivity contribution in [2.24, 2.45) is 0 Å². The van der Waals surface area contributed by atoms with Crippen molar-refractivity contribution in [2.45, 2.75) is 20.0 Å². The molecule has 0 amide bonds. The van der Waals surface area contributed by atoms with Crippen molar-refractivity contribution in [3.63, 3.8) is 0 Å². The van der Waals surface area contributed by atoms with Crippen LogP contribution in [0.25, 0.3) is 33.5 Å². The minimum absolute atomic E-state index is 0.320. The van der Waals surface area contributed by atoms with Gasteiger partial charge >= 0.3 is 5.97 Å². The van der Waals surface area contributed by atoms with Crippen molar-refractivity contribution in [2.75, 3.05) is 7.11 Å². The Bertz CT molecular complexity index is 1500. The molecule has 5 rings (SSSR count). The molecular formula is C30H27N3O2. The van der Waals surface area contributed by atoms with E-state index in [2.05, 4.69) is 77.9 Å². The number of nitrogens with zero attached hydrogens (tertiary/aromatic N) is 1. The third kappa shape index (κ3) is 5.00. The molecule has 0 radical (unpaired) electrons. The van der Waals surface area contributed by atoms with Gasteiger partial charge in [0.25, 0.3) is 0 Å². The van der Waals surface area contributed by atoms with Gasteiger partial charge in [-0.05, 0) is 65.1 Å². The summed E-state index contributed by atoms with van der Waals surface area (Å²) in [6, 6.07) is 30.7. The maximum absolute atomic E-state index is 11.8. The smallest absolute Gasteiger partial charge is 0.337 e. The number of hydrogen-bond acceptors (Lipinski definition) is 4. The zero-order valence-corrected chi connectivity index (χ0v) is 19.8. The Labute approximate surface area is 204 Å². The van der Waals surface area contributed by atoms with Crippen molar-refractivity contribution in [3.05, 3.63) is 113 Å². The lowest BCUT2D eigenvalue weighted by atomic mass is 10.0. The van der Waals surface area contributed by atoms with Crippen molar-refractivity contribution < 1.29 is 9.53 Å². The third-order valence-electron chi connectivity index (χ3n) is 6.12. The van der Waals surface area contributed by atoms with Crippen LogP contribution in [0.5, 0.6) is 0 Å². The lowest BCUT2D eigenvalue weighted by Crippen LogP contribution is -2.13. The summed E-state index contributed by atoms with van der Waals surface area (Å²) >= 11 is 0. The summed E-state index contributed by atoms with van der Waals surface area (Å²) in [7, 11) is 1.40. The fourth-order valence-corrected chi connectivity index (χ4v) is 4.30. The molecule has 0 fully saturated rings. The molecule has 5 nitrogen and oxygen atoms in total. The van der Waals surface area contributed by atoms with E-state index in [0.717, 1.165) is 45.7 Å². The average Bonchev–Trinajstić information content (AvgIpc) is 3.35. The third-order valence-corrected chi connectivity index (χ3v) is 6.12. The fraction of sp³-hybridized carbons (Fsp3) is 0.133. The van der Waals surface area contributed by atoms with E-state index in [1.54, 1.807) is 6.07 Å². The number of H-pyrrole nitrogens is 1. The number of esters is 1. The molecule has 174 valence electrons. The molecular weight excluding hydrogens is 434 g/mol. The van der Waals surface area contributed by atoms with E-state index in [4.69, 9.17) is 9.72 Å². The molecule has 35 heavy (non-hydrogen) atoms. The zero-order chi connectivity index (χ0) is 24.2. The molecule has 4 aromatic carbocycles. The first-order valence-corrected chi connectivity index (χ1v) is 11.6. The normalized spacial score (nSPS) is 11.0. The maximum Gasteiger partial charge on any atom is 0.337 e. The monoisotopic (exact) mass is 461 g/mol. The summed E-state index contributed by atoms with van der Waals surface area (Å²) in [5.74, 6) is 0.558. The van der Waals surface area contributed by atoms with Gasteiger partial charge in [0.2, 0.25) is 0 Å². The SMILES string of the molecule is COC(=O)c1cccc(CNCc2cccc(-c3cccc(-c4nc5c(C)cccc5[nH]4)c3)c2)c1. The molecule has 1 aromatic heterocycles. The Balaban J connectivity index is 1.31. The van der Waals surface area contributed by atoms with E-state index in [1.165, 1.54) is 18.2 Å². The van der Waals surface area contributed by atoms with Gasteiger partial charge in [-0.3, -0.25) is 0 Å². The Morgan fingerprint density at radius 1 is 0.829 bits per heavy atom. The van der Waals surface area contributed by atoms with Crippen LogP contribution in [-0.2, 0) is 17.8 Å². The lowest BCUT2D eigenvalue weighted by Gasteiger charge is -2.09. The average molecular weight is 462 g/mol. The van der Waals surface area contributed by atoms with Crippen LogP contribution in [0.1, 0.15) is 27.0 Å². The number of benzene rings is 4. The number of hydrogen-bond donors (Lipinski definition) is 2. The highest BCUT2D eigenvalue weighted by Crippen LogP contribution is 2.27. The summed E-state index contributed by atoms with van der Waals surface area (Å²) in [6.07, 6.45) is 0. The molecule has 0 atom stereocenters. The molecule has 0 bridgehead atoms. The van der Waals surface area contributed by atoms with E-state index < -0.39 is 0 Å². The van der Waals surface area contributed by atoms with E-state index in [1.807, 2.05) is 24.3 Å². The van der Waals surface area contributed by atoms with Gasteiger partial charge in [0.05, 0.1) is 23.7 Å². The molecule has 2 N–H and O–H groups in total. The van der Waals surface area contributed by atoms with Crippen LogP contribution in [0, 0.1) is 6.92 Å². The number of ether oxygens (including phenoxy) is 1. The van der Waals surface area contributed by atoms with Crippen LogP contribution in [0.3, 0.4) is 0 Å². The van der Waals surface area contributed by atoms with Gasteiger partial charge in [0.1, 0.15) is 5.82 Å². The van der Waals surface area contributed by atoms with Gasteiger partial charge in [-0.1, -0.05) is 60.7 Å². The second-order valence-corrected chi connectivity index (χ2v) is 8.63. The number of aryl methyl sites for hydroxylation is 1. The van der Waals surface area contributed by atoms with E-state index >= 15 is 0 Å². The summed E-state index contributed by atoms with van der Waals surface area (Å²) in [5.41, 5.74) is 9.39. The number of imidazole rings is 1. The van der Waals surface area contributed by atoms with Crippen molar-refractivity contribution in [3.8, 4) is 22.5 Å². The first-order valence-electron chi connectivity index (χ1n) is 11.6. The molecule has 0 aliphatic carbocycles. The minimum Gasteiger partial charge on any atom is -0.465 e. The van der Waals surface area contributed by atoms with Crippen molar-refractivity contribution >= 4 is 17.0 Å². The molecule has 1 heterocycles. The quantitative estimate of drug-likeness (QED) is 0.280.